The monoisotopic (exact) mass is 200 g/mol. The minimum absolute atomic E-state index is 0. The minimum Gasteiger partial charge on any atom is -0.545 e. The molecule has 0 aromatic heterocycles. The van der Waals surface area contributed by atoms with Gasteiger partial charge in [0.2, 0.25) is 0 Å². The number of carbonyl (C=O) groups excluding carboxylic acids is 1. The van der Waals surface area contributed by atoms with Crippen molar-refractivity contribution >= 4 is 6.79 Å². The Bertz CT molecular complexity index is 68.0. The summed E-state index contributed by atoms with van der Waals surface area (Å²) in [6.07, 6.45) is 0. The predicted octanol–water partition coefficient (Wildman–Crippen LogP) is -0.427. The van der Waals surface area contributed by atoms with Gasteiger partial charge in [0, 0.05) is 16.8 Å². The topological polar surface area (TPSA) is 96.7 Å². The quantitative estimate of drug-likeness (QED) is 0.296. The van der Waals surface area contributed by atoms with Gasteiger partial charge in [0.15, 0.2) is 0 Å². The molecule has 0 unspecified atom stereocenters. The van der Waals surface area contributed by atoms with Gasteiger partial charge in [-0.1, -0.05) is 0 Å². The van der Waals surface area contributed by atoms with Crippen molar-refractivity contribution in [2.24, 2.45) is 0 Å². The summed E-state index contributed by atoms with van der Waals surface area (Å²) in [7, 11) is 0. The molecule has 0 aliphatic carbocycles. The van der Waals surface area contributed by atoms with E-state index in [-0.39, 0.29) is 16.8 Å². The standard InChI is InChI=1S/CHO.4CO.Co/c5*1-2;/h1H;;;;;/q-1;;;;;. The number of rotatable bonds is 0. The molecule has 0 saturated carbocycles. The van der Waals surface area contributed by atoms with E-state index in [4.69, 9.17) is 23.4 Å². The van der Waals surface area contributed by atoms with E-state index in [0.29, 0.717) is 0 Å². The molecule has 0 bridgehead atoms. The van der Waals surface area contributed by atoms with E-state index in [1.807, 2.05) is 0 Å². The molecule has 0 fully saturated rings. The van der Waals surface area contributed by atoms with E-state index in [1.54, 1.807) is 0 Å². The van der Waals surface area contributed by atoms with Crippen LogP contribution in [0.25, 0.3) is 0 Å². The molecule has 1 radical (unpaired) electrons. The summed E-state index contributed by atoms with van der Waals surface area (Å²) in [5.74, 6) is 0. The molecule has 0 heterocycles. The Morgan fingerprint density at radius 3 is 0.636 bits per heavy atom. The molecular formula is C5HCoO5-. The van der Waals surface area contributed by atoms with Crippen LogP contribution in [0.1, 0.15) is 0 Å². The molecular weight excluding hydrogens is 199 g/mol. The number of hydrogen-bond acceptors (Lipinski definition) is 1. The Balaban J connectivity index is -0.00000000694. The summed E-state index contributed by atoms with van der Waals surface area (Å²) in [4.78, 5) is 7.75. The molecule has 0 atom stereocenters. The summed E-state index contributed by atoms with van der Waals surface area (Å²) in [5.41, 5.74) is 0. The van der Waals surface area contributed by atoms with Gasteiger partial charge in [-0.2, -0.15) is 0 Å². The summed E-state index contributed by atoms with van der Waals surface area (Å²) < 4.78 is 30.0. The molecule has 0 aromatic carbocycles. The van der Waals surface area contributed by atoms with Gasteiger partial charge in [0.05, 0.1) is 0 Å². The van der Waals surface area contributed by atoms with Crippen molar-refractivity contribution in [2.75, 3.05) is 0 Å². The predicted molar refractivity (Wildman–Crippen MR) is 22.5 cm³/mol. The average molecular weight is 200 g/mol. The van der Waals surface area contributed by atoms with Gasteiger partial charge in [-0.15, -0.1) is 0 Å². The summed E-state index contributed by atoms with van der Waals surface area (Å²) in [6.45, 7) is 21.2. The molecule has 5 nitrogen and oxygen atoms in total. The zero-order valence-electron chi connectivity index (χ0n) is 4.95. The van der Waals surface area contributed by atoms with Crippen LogP contribution in [0.5, 0.6) is 0 Å². The van der Waals surface area contributed by atoms with Crippen molar-refractivity contribution in [2.45, 2.75) is 0 Å². The molecule has 0 aromatic rings. The van der Waals surface area contributed by atoms with Gasteiger partial charge in [0.1, 0.15) is 0 Å². The van der Waals surface area contributed by atoms with Crippen molar-refractivity contribution in [3.8, 4) is 0 Å². The van der Waals surface area contributed by atoms with Crippen LogP contribution in [0.3, 0.4) is 0 Å². The second-order valence-corrected chi connectivity index (χ2v) is 0. The van der Waals surface area contributed by atoms with Crippen LogP contribution in [0.2, 0.25) is 0 Å². The molecule has 0 aliphatic rings. The molecule has 0 rings (SSSR count). The molecule has 0 amide bonds. The van der Waals surface area contributed by atoms with Crippen LogP contribution in [0.4, 0.5) is 0 Å². The van der Waals surface area contributed by atoms with Crippen LogP contribution in [0, 0.1) is 26.6 Å². The smallest absolute Gasteiger partial charge is 0 e. The van der Waals surface area contributed by atoms with Crippen molar-refractivity contribution in [1.82, 2.24) is 0 Å². The molecule has 6 heteroatoms. The minimum atomic E-state index is 0. The molecule has 0 aliphatic heterocycles. The van der Waals surface area contributed by atoms with Crippen LogP contribution >= 0.6 is 0 Å². The Labute approximate surface area is 74.2 Å². The molecule has 0 spiro atoms. The van der Waals surface area contributed by atoms with E-state index in [2.05, 4.69) is 33.4 Å². The fourth-order valence-electron chi connectivity index (χ4n) is 0. The second-order valence-electron chi connectivity index (χ2n) is 0. The summed E-state index contributed by atoms with van der Waals surface area (Å²) in [6, 6.07) is 0. The first-order valence-electron chi connectivity index (χ1n) is 1.05. The summed E-state index contributed by atoms with van der Waals surface area (Å²) >= 11 is 0. The van der Waals surface area contributed by atoms with Crippen molar-refractivity contribution < 1.29 is 40.2 Å². The molecule has 61 valence electrons. The fraction of sp³-hybridized carbons (Fsp3) is 0. The van der Waals surface area contributed by atoms with Crippen LogP contribution < -0.4 is 0 Å². The summed E-state index contributed by atoms with van der Waals surface area (Å²) in [5, 5.41) is 0. The van der Waals surface area contributed by atoms with E-state index in [9.17, 15) is 0 Å². The molecule has 0 saturated heterocycles. The Hall–Kier alpha value is -0.864. The molecule has 0 N–H and O–H groups in total. The maximum Gasteiger partial charge on any atom is 0 e. The van der Waals surface area contributed by atoms with Gasteiger partial charge in [-0.3, -0.25) is 6.79 Å². The molecule has 11 heavy (non-hydrogen) atoms. The average Bonchev–Trinajstić information content (AvgIpc) is 2.20. The fourth-order valence-corrected chi connectivity index (χ4v) is 0. The SMILES string of the molecule is [C-]#[O+].[C-]#[O+].[C-]#[O+].[C-]#[O+].[CH-]=O.[Co]. The van der Waals surface area contributed by atoms with E-state index in [0.717, 1.165) is 0 Å². The third-order valence-corrected chi connectivity index (χ3v) is 0. The van der Waals surface area contributed by atoms with E-state index in [1.165, 1.54) is 0 Å². The first kappa shape index (κ1) is 49.5. The second kappa shape index (κ2) is 811. The maximum absolute atomic E-state index is 7.75. The normalized spacial score (nSPS) is 1.09. The Morgan fingerprint density at radius 2 is 0.636 bits per heavy atom. The van der Waals surface area contributed by atoms with Gasteiger partial charge in [-0.05, 0) is 0 Å². The van der Waals surface area contributed by atoms with Gasteiger partial charge >= 0.3 is 45.2 Å². The van der Waals surface area contributed by atoms with Crippen LogP contribution in [-0.4, -0.2) is 6.79 Å². The third-order valence-electron chi connectivity index (χ3n) is 0. The van der Waals surface area contributed by atoms with E-state index < -0.39 is 0 Å². The third kappa shape index (κ3) is 624. The zero-order valence-corrected chi connectivity index (χ0v) is 5.99. The maximum atomic E-state index is 7.75. The first-order valence-corrected chi connectivity index (χ1v) is 1.05. The van der Waals surface area contributed by atoms with Crippen molar-refractivity contribution in [1.29, 1.82) is 0 Å². The van der Waals surface area contributed by atoms with Gasteiger partial charge < -0.3 is 4.79 Å². The number of hydrogen-bond donors (Lipinski definition) is 0. The van der Waals surface area contributed by atoms with Crippen LogP contribution in [-0.2, 0) is 40.2 Å². The Kier molecular flexibility index (Phi) is 3650. The van der Waals surface area contributed by atoms with E-state index >= 15 is 0 Å². The zero-order chi connectivity index (χ0) is 10.0. The van der Waals surface area contributed by atoms with Gasteiger partial charge in [0.25, 0.3) is 0 Å². The first-order chi connectivity index (χ1) is 5.00. The van der Waals surface area contributed by atoms with Crippen molar-refractivity contribution in [3.05, 3.63) is 26.6 Å². The van der Waals surface area contributed by atoms with Crippen LogP contribution in [0.15, 0.2) is 0 Å². The van der Waals surface area contributed by atoms with Crippen molar-refractivity contribution in [3.63, 3.8) is 0 Å². The Morgan fingerprint density at radius 1 is 0.636 bits per heavy atom. The van der Waals surface area contributed by atoms with Gasteiger partial charge in [-0.25, -0.2) is 0 Å². The largest absolute Gasteiger partial charge is 0.545 e.